The predicted octanol–water partition coefficient (Wildman–Crippen LogP) is 0.483. The van der Waals surface area contributed by atoms with E-state index in [2.05, 4.69) is 10.4 Å². The van der Waals surface area contributed by atoms with E-state index in [0.717, 1.165) is 0 Å². The molecule has 1 N–H and O–H groups in total. The Morgan fingerprint density at radius 1 is 1.75 bits per heavy atom. The number of aromatic nitrogens is 2. The fourth-order valence-corrected chi connectivity index (χ4v) is 1.02. The molecule has 0 saturated heterocycles. The number of rotatable bonds is 5. The van der Waals surface area contributed by atoms with Crippen LogP contribution in [0.25, 0.3) is 0 Å². The molecule has 0 aromatic carbocycles. The monoisotopic (exact) mass is 222 g/mol. The molecular weight excluding hydrogens is 208 g/mol. The maximum atomic E-state index is 11.1. The molecule has 0 aliphatic heterocycles. The van der Waals surface area contributed by atoms with Crippen LogP contribution in [0.4, 0.5) is 0 Å². The molecule has 0 fully saturated rings. The standard InChI is InChI=1S/C10H14N4O2/c1-8(2)14-6-9(5-13-14)16-7-10(15)12-4-3-11/h5-6,8H,4,7H2,1-2H3,(H,12,15). The van der Waals surface area contributed by atoms with Crippen LogP contribution in [0.2, 0.25) is 0 Å². The van der Waals surface area contributed by atoms with Gasteiger partial charge < -0.3 is 10.1 Å². The summed E-state index contributed by atoms with van der Waals surface area (Å²) in [6, 6.07) is 2.07. The number of carbonyl (C=O) groups is 1. The van der Waals surface area contributed by atoms with E-state index in [0.29, 0.717) is 5.75 Å². The summed E-state index contributed by atoms with van der Waals surface area (Å²) in [5.74, 6) is 0.222. The number of nitriles is 1. The quantitative estimate of drug-likeness (QED) is 0.735. The highest BCUT2D eigenvalue weighted by Crippen LogP contribution is 2.11. The molecule has 1 heterocycles. The van der Waals surface area contributed by atoms with Gasteiger partial charge in [-0.25, -0.2) is 0 Å². The molecule has 0 unspecified atom stereocenters. The van der Waals surface area contributed by atoms with Crippen LogP contribution in [0.1, 0.15) is 19.9 Å². The maximum Gasteiger partial charge on any atom is 0.258 e. The zero-order chi connectivity index (χ0) is 12.0. The molecule has 0 bridgehead atoms. The van der Waals surface area contributed by atoms with Crippen molar-refractivity contribution in [3.8, 4) is 11.8 Å². The van der Waals surface area contributed by atoms with Gasteiger partial charge in [-0.15, -0.1) is 0 Å². The van der Waals surface area contributed by atoms with E-state index in [1.165, 1.54) is 0 Å². The van der Waals surface area contributed by atoms with E-state index in [4.69, 9.17) is 10.00 Å². The van der Waals surface area contributed by atoms with Gasteiger partial charge in [0.15, 0.2) is 12.4 Å². The lowest BCUT2D eigenvalue weighted by Crippen LogP contribution is -2.28. The van der Waals surface area contributed by atoms with Crippen LogP contribution >= 0.6 is 0 Å². The molecule has 16 heavy (non-hydrogen) atoms. The lowest BCUT2D eigenvalue weighted by molar-refractivity contribution is -0.122. The Labute approximate surface area is 93.8 Å². The number of hydrogen-bond donors (Lipinski definition) is 1. The van der Waals surface area contributed by atoms with Crippen molar-refractivity contribution in [1.82, 2.24) is 15.1 Å². The van der Waals surface area contributed by atoms with Crippen LogP contribution < -0.4 is 10.1 Å². The first-order valence-corrected chi connectivity index (χ1v) is 4.94. The summed E-state index contributed by atoms with van der Waals surface area (Å²) in [4.78, 5) is 11.1. The molecule has 1 rings (SSSR count). The van der Waals surface area contributed by atoms with E-state index in [-0.39, 0.29) is 25.1 Å². The molecule has 1 aromatic heterocycles. The highest BCUT2D eigenvalue weighted by atomic mass is 16.5. The highest BCUT2D eigenvalue weighted by Gasteiger charge is 2.05. The van der Waals surface area contributed by atoms with E-state index >= 15 is 0 Å². The van der Waals surface area contributed by atoms with Gasteiger partial charge >= 0.3 is 0 Å². The summed E-state index contributed by atoms with van der Waals surface area (Å²) in [5.41, 5.74) is 0. The SMILES string of the molecule is CC(C)n1cc(OCC(=O)NCC#N)cn1. The Morgan fingerprint density at radius 2 is 2.50 bits per heavy atom. The smallest absolute Gasteiger partial charge is 0.258 e. The van der Waals surface area contributed by atoms with Crippen molar-refractivity contribution in [3.63, 3.8) is 0 Å². The average Bonchev–Trinajstić information content (AvgIpc) is 2.72. The fraction of sp³-hybridized carbons (Fsp3) is 0.500. The number of carbonyl (C=O) groups excluding carboxylic acids is 1. The second kappa shape index (κ2) is 5.75. The summed E-state index contributed by atoms with van der Waals surface area (Å²) < 4.78 is 6.93. The minimum atomic E-state index is -0.321. The van der Waals surface area contributed by atoms with Crippen molar-refractivity contribution in [2.24, 2.45) is 0 Å². The number of ether oxygens (including phenoxy) is 1. The first-order valence-electron chi connectivity index (χ1n) is 4.94. The molecule has 6 nitrogen and oxygen atoms in total. The molecule has 0 radical (unpaired) electrons. The van der Waals surface area contributed by atoms with Gasteiger partial charge in [-0.3, -0.25) is 9.48 Å². The normalized spacial score (nSPS) is 9.88. The highest BCUT2D eigenvalue weighted by molar-refractivity contribution is 5.77. The molecule has 86 valence electrons. The molecule has 1 aromatic rings. The van der Waals surface area contributed by atoms with E-state index in [1.807, 2.05) is 19.9 Å². The third kappa shape index (κ3) is 3.61. The second-order valence-electron chi connectivity index (χ2n) is 3.47. The van der Waals surface area contributed by atoms with Crippen molar-refractivity contribution < 1.29 is 9.53 Å². The maximum absolute atomic E-state index is 11.1. The van der Waals surface area contributed by atoms with Crippen molar-refractivity contribution in [3.05, 3.63) is 12.4 Å². The molecule has 0 atom stereocenters. The fourth-order valence-electron chi connectivity index (χ4n) is 1.02. The largest absolute Gasteiger partial charge is 0.480 e. The summed E-state index contributed by atoms with van der Waals surface area (Å²) >= 11 is 0. The lowest BCUT2D eigenvalue weighted by atomic mass is 10.4. The zero-order valence-electron chi connectivity index (χ0n) is 9.30. The van der Waals surface area contributed by atoms with Crippen molar-refractivity contribution in [1.29, 1.82) is 5.26 Å². The van der Waals surface area contributed by atoms with Crippen LogP contribution in [0.3, 0.4) is 0 Å². The van der Waals surface area contributed by atoms with Gasteiger partial charge in [-0.2, -0.15) is 10.4 Å². The van der Waals surface area contributed by atoms with Gasteiger partial charge in [-0.1, -0.05) is 0 Å². The Balaban J connectivity index is 2.37. The van der Waals surface area contributed by atoms with Crippen LogP contribution in [-0.2, 0) is 4.79 Å². The Bertz CT molecular complexity index is 392. The Kier molecular flexibility index (Phi) is 4.33. The van der Waals surface area contributed by atoms with Crippen LogP contribution in [0, 0.1) is 11.3 Å². The molecule has 0 aliphatic rings. The molecule has 1 amide bonds. The van der Waals surface area contributed by atoms with E-state index < -0.39 is 0 Å². The third-order valence-corrected chi connectivity index (χ3v) is 1.84. The Hall–Kier alpha value is -2.03. The summed E-state index contributed by atoms with van der Waals surface area (Å²) in [7, 11) is 0. The zero-order valence-corrected chi connectivity index (χ0v) is 9.30. The van der Waals surface area contributed by atoms with Gasteiger partial charge in [-0.05, 0) is 13.8 Å². The van der Waals surface area contributed by atoms with Gasteiger partial charge in [0.2, 0.25) is 0 Å². The lowest BCUT2D eigenvalue weighted by Gasteiger charge is -2.04. The molecule has 0 spiro atoms. The summed E-state index contributed by atoms with van der Waals surface area (Å²) in [6.07, 6.45) is 3.28. The van der Waals surface area contributed by atoms with Crippen molar-refractivity contribution in [2.75, 3.05) is 13.2 Å². The molecular formula is C10H14N4O2. The van der Waals surface area contributed by atoms with E-state index in [9.17, 15) is 4.79 Å². The summed E-state index contributed by atoms with van der Waals surface area (Å²) in [5, 5.41) is 14.7. The first kappa shape index (κ1) is 12.0. The molecule has 0 saturated carbocycles. The molecule has 6 heteroatoms. The number of nitrogens with one attached hydrogen (secondary N) is 1. The van der Waals surface area contributed by atoms with Crippen LogP contribution in [-0.4, -0.2) is 28.8 Å². The van der Waals surface area contributed by atoms with Gasteiger partial charge in [0.1, 0.15) is 6.54 Å². The van der Waals surface area contributed by atoms with Gasteiger partial charge in [0.25, 0.3) is 5.91 Å². The third-order valence-electron chi connectivity index (χ3n) is 1.84. The minimum Gasteiger partial charge on any atom is -0.480 e. The topological polar surface area (TPSA) is 79.9 Å². The van der Waals surface area contributed by atoms with Gasteiger partial charge in [0, 0.05) is 6.04 Å². The average molecular weight is 222 g/mol. The first-order chi connectivity index (χ1) is 7.63. The second-order valence-corrected chi connectivity index (χ2v) is 3.47. The summed E-state index contributed by atoms with van der Waals surface area (Å²) in [6.45, 7) is 3.88. The van der Waals surface area contributed by atoms with Crippen LogP contribution in [0.5, 0.6) is 5.75 Å². The number of nitrogens with zero attached hydrogens (tertiary/aromatic N) is 3. The van der Waals surface area contributed by atoms with Gasteiger partial charge in [0.05, 0.1) is 18.5 Å². The minimum absolute atomic E-state index is 0.00650. The molecule has 0 aliphatic carbocycles. The number of hydrogen-bond acceptors (Lipinski definition) is 4. The predicted molar refractivity (Wildman–Crippen MR) is 56.7 cm³/mol. The van der Waals surface area contributed by atoms with Crippen molar-refractivity contribution in [2.45, 2.75) is 19.9 Å². The van der Waals surface area contributed by atoms with Crippen molar-refractivity contribution >= 4 is 5.91 Å². The van der Waals surface area contributed by atoms with Crippen LogP contribution in [0.15, 0.2) is 12.4 Å². The Morgan fingerprint density at radius 3 is 3.06 bits per heavy atom. The van der Waals surface area contributed by atoms with E-state index in [1.54, 1.807) is 17.1 Å². The number of amides is 1.